The van der Waals surface area contributed by atoms with Crippen molar-refractivity contribution < 1.29 is 18.8 Å². The van der Waals surface area contributed by atoms with Gasteiger partial charge in [0.05, 0.1) is 11.3 Å². The Labute approximate surface area is 161 Å². The lowest BCUT2D eigenvalue weighted by atomic mass is 10.1. The van der Waals surface area contributed by atoms with E-state index in [-0.39, 0.29) is 12.5 Å². The predicted octanol–water partition coefficient (Wildman–Crippen LogP) is 3.54. The van der Waals surface area contributed by atoms with Crippen molar-refractivity contribution >= 4 is 35.2 Å². The average Bonchev–Trinajstić information content (AvgIpc) is 2.95. The Hall–Kier alpha value is -1.99. The molecule has 0 aliphatic rings. The first-order valence-corrected chi connectivity index (χ1v) is 9.83. The lowest BCUT2D eigenvalue weighted by Crippen LogP contribution is -2.42. The van der Waals surface area contributed by atoms with Crippen molar-refractivity contribution in [2.45, 2.75) is 32.9 Å². The Morgan fingerprint density at radius 2 is 2.00 bits per heavy atom. The van der Waals surface area contributed by atoms with Crippen LogP contribution in [0.4, 0.5) is 0 Å². The molecule has 140 valence electrons. The molecular formula is C18H21ClN2O4S. The van der Waals surface area contributed by atoms with E-state index in [9.17, 15) is 9.59 Å². The van der Waals surface area contributed by atoms with Crippen LogP contribution in [0.25, 0.3) is 0 Å². The Morgan fingerprint density at radius 3 is 2.58 bits per heavy atom. The molecule has 0 aliphatic heterocycles. The molecule has 1 amide bonds. The summed E-state index contributed by atoms with van der Waals surface area (Å²) in [7, 11) is 0. The van der Waals surface area contributed by atoms with E-state index in [2.05, 4.69) is 10.5 Å². The molecule has 1 atom stereocenters. The maximum Gasteiger partial charge on any atom is 0.329 e. The standard InChI is InChI=1S/C18H21ClN2O4S/c1-11-15(12(2)25-21-11)10-24-18(23)16(8-9-26-3)20-17(22)13-4-6-14(19)7-5-13/h4-7,16H,8-10H2,1-3H3,(H,20,22)/t16-/m0/s1. The second-order valence-corrected chi connectivity index (χ2v) is 7.15. The molecule has 8 heteroatoms. The van der Waals surface area contributed by atoms with E-state index in [0.29, 0.717) is 34.2 Å². The van der Waals surface area contributed by atoms with Gasteiger partial charge < -0.3 is 14.6 Å². The number of hydrogen-bond donors (Lipinski definition) is 1. The summed E-state index contributed by atoms with van der Waals surface area (Å²) >= 11 is 7.43. The number of aryl methyl sites for hydroxylation is 2. The summed E-state index contributed by atoms with van der Waals surface area (Å²) in [5, 5.41) is 7.11. The zero-order valence-electron chi connectivity index (χ0n) is 14.9. The van der Waals surface area contributed by atoms with Gasteiger partial charge in [-0.05, 0) is 56.5 Å². The number of aromatic nitrogens is 1. The highest BCUT2D eigenvalue weighted by Gasteiger charge is 2.23. The van der Waals surface area contributed by atoms with Crippen LogP contribution in [0.1, 0.15) is 33.8 Å². The molecular weight excluding hydrogens is 376 g/mol. The summed E-state index contributed by atoms with van der Waals surface area (Å²) in [5.74, 6) is 0.496. The smallest absolute Gasteiger partial charge is 0.329 e. The van der Waals surface area contributed by atoms with Gasteiger partial charge in [0.15, 0.2) is 0 Å². The fourth-order valence-corrected chi connectivity index (χ4v) is 2.88. The van der Waals surface area contributed by atoms with E-state index >= 15 is 0 Å². The van der Waals surface area contributed by atoms with Crippen LogP contribution in [0.2, 0.25) is 5.02 Å². The number of rotatable bonds is 8. The molecule has 0 unspecified atom stereocenters. The third-order valence-corrected chi connectivity index (χ3v) is 4.74. The van der Waals surface area contributed by atoms with Gasteiger partial charge in [0, 0.05) is 10.6 Å². The maximum absolute atomic E-state index is 12.5. The average molecular weight is 397 g/mol. The molecule has 0 bridgehead atoms. The monoisotopic (exact) mass is 396 g/mol. The zero-order chi connectivity index (χ0) is 19.1. The number of halogens is 1. The molecule has 0 spiro atoms. The van der Waals surface area contributed by atoms with Crippen LogP contribution in [-0.2, 0) is 16.1 Å². The SMILES string of the molecule is CSCC[C@H](NC(=O)c1ccc(Cl)cc1)C(=O)OCc1c(C)noc1C. The molecule has 1 aromatic carbocycles. The van der Waals surface area contributed by atoms with Gasteiger partial charge in [0.2, 0.25) is 0 Å². The van der Waals surface area contributed by atoms with Gasteiger partial charge in [0.25, 0.3) is 5.91 Å². The number of thioether (sulfide) groups is 1. The van der Waals surface area contributed by atoms with E-state index in [0.717, 1.165) is 5.56 Å². The summed E-state index contributed by atoms with van der Waals surface area (Å²) in [6.45, 7) is 3.61. The molecule has 6 nitrogen and oxygen atoms in total. The Bertz CT molecular complexity index is 742. The maximum atomic E-state index is 12.5. The fraction of sp³-hybridized carbons (Fsp3) is 0.389. The van der Waals surface area contributed by atoms with Crippen molar-refractivity contribution in [1.29, 1.82) is 0 Å². The minimum absolute atomic E-state index is 0.0621. The van der Waals surface area contributed by atoms with Crippen molar-refractivity contribution in [2.24, 2.45) is 0 Å². The van der Waals surface area contributed by atoms with Gasteiger partial charge in [-0.15, -0.1) is 0 Å². The minimum Gasteiger partial charge on any atom is -0.459 e. The van der Waals surface area contributed by atoms with Crippen molar-refractivity contribution in [2.75, 3.05) is 12.0 Å². The van der Waals surface area contributed by atoms with Crippen molar-refractivity contribution in [1.82, 2.24) is 10.5 Å². The van der Waals surface area contributed by atoms with Crippen molar-refractivity contribution in [3.8, 4) is 0 Å². The first-order valence-electron chi connectivity index (χ1n) is 8.06. The normalized spacial score (nSPS) is 11.8. The zero-order valence-corrected chi connectivity index (χ0v) is 16.4. The summed E-state index contributed by atoms with van der Waals surface area (Å²) in [6, 6.07) is 5.75. The van der Waals surface area contributed by atoms with Gasteiger partial charge in [-0.1, -0.05) is 16.8 Å². The number of nitrogens with one attached hydrogen (secondary N) is 1. The predicted molar refractivity (Wildman–Crippen MR) is 101 cm³/mol. The number of esters is 1. The van der Waals surface area contributed by atoms with Crippen LogP contribution in [0.15, 0.2) is 28.8 Å². The van der Waals surface area contributed by atoms with Crippen LogP contribution >= 0.6 is 23.4 Å². The number of carbonyl (C=O) groups is 2. The molecule has 0 saturated heterocycles. The first-order chi connectivity index (χ1) is 12.4. The van der Waals surface area contributed by atoms with Gasteiger partial charge in [0.1, 0.15) is 18.4 Å². The van der Waals surface area contributed by atoms with E-state index in [4.69, 9.17) is 20.9 Å². The van der Waals surface area contributed by atoms with Gasteiger partial charge in [-0.2, -0.15) is 11.8 Å². The van der Waals surface area contributed by atoms with Crippen LogP contribution < -0.4 is 5.32 Å². The van der Waals surface area contributed by atoms with E-state index < -0.39 is 12.0 Å². The second kappa shape index (κ2) is 9.64. The lowest BCUT2D eigenvalue weighted by Gasteiger charge is -2.17. The highest BCUT2D eigenvalue weighted by molar-refractivity contribution is 7.98. The molecule has 1 heterocycles. The summed E-state index contributed by atoms with van der Waals surface area (Å²) in [4.78, 5) is 24.9. The number of carbonyl (C=O) groups excluding carboxylic acids is 2. The number of amides is 1. The van der Waals surface area contributed by atoms with Gasteiger partial charge >= 0.3 is 5.97 Å². The van der Waals surface area contributed by atoms with Crippen LogP contribution in [0, 0.1) is 13.8 Å². The lowest BCUT2D eigenvalue weighted by molar-refractivity contribution is -0.147. The number of nitrogens with zero attached hydrogens (tertiary/aromatic N) is 1. The van der Waals surface area contributed by atoms with Crippen molar-refractivity contribution in [3.05, 3.63) is 51.9 Å². The number of benzene rings is 1. The summed E-state index contributed by atoms with van der Waals surface area (Å²) in [5.41, 5.74) is 1.86. The Balaban J connectivity index is 2.01. The fourth-order valence-electron chi connectivity index (χ4n) is 2.28. The molecule has 1 aromatic heterocycles. The largest absolute Gasteiger partial charge is 0.459 e. The molecule has 0 saturated carbocycles. The van der Waals surface area contributed by atoms with E-state index in [1.54, 1.807) is 49.9 Å². The van der Waals surface area contributed by atoms with Gasteiger partial charge in [-0.25, -0.2) is 4.79 Å². The Kier molecular flexibility index (Phi) is 7.53. The first kappa shape index (κ1) is 20.3. The van der Waals surface area contributed by atoms with Crippen molar-refractivity contribution in [3.63, 3.8) is 0 Å². The summed E-state index contributed by atoms with van der Waals surface area (Å²) < 4.78 is 10.4. The number of ether oxygens (including phenoxy) is 1. The minimum atomic E-state index is -0.730. The molecule has 0 fully saturated rings. The van der Waals surface area contributed by atoms with Crippen LogP contribution in [0.3, 0.4) is 0 Å². The molecule has 2 rings (SSSR count). The quantitative estimate of drug-likeness (QED) is 0.687. The highest BCUT2D eigenvalue weighted by Crippen LogP contribution is 2.15. The third-order valence-electron chi connectivity index (χ3n) is 3.85. The summed E-state index contributed by atoms with van der Waals surface area (Å²) in [6.07, 6.45) is 2.41. The van der Waals surface area contributed by atoms with Gasteiger partial charge in [-0.3, -0.25) is 4.79 Å². The van der Waals surface area contributed by atoms with E-state index in [1.807, 2.05) is 6.26 Å². The molecule has 2 aromatic rings. The third kappa shape index (κ3) is 5.51. The van der Waals surface area contributed by atoms with Crippen LogP contribution in [0.5, 0.6) is 0 Å². The second-order valence-electron chi connectivity index (χ2n) is 5.72. The molecule has 1 N–H and O–H groups in total. The number of hydrogen-bond acceptors (Lipinski definition) is 6. The molecule has 0 aliphatic carbocycles. The van der Waals surface area contributed by atoms with E-state index in [1.165, 1.54) is 0 Å². The highest BCUT2D eigenvalue weighted by atomic mass is 35.5. The van der Waals surface area contributed by atoms with Crippen LogP contribution in [-0.4, -0.2) is 35.1 Å². The Morgan fingerprint density at radius 1 is 1.31 bits per heavy atom. The molecule has 26 heavy (non-hydrogen) atoms. The topological polar surface area (TPSA) is 81.4 Å². The molecule has 0 radical (unpaired) electrons.